The predicted molar refractivity (Wildman–Crippen MR) is 46.6 cm³/mol. The van der Waals surface area contributed by atoms with Gasteiger partial charge in [-0.3, -0.25) is 0 Å². The predicted octanol–water partition coefficient (Wildman–Crippen LogP) is 1.96. The van der Waals surface area contributed by atoms with Crippen molar-refractivity contribution in [2.75, 3.05) is 7.11 Å². The van der Waals surface area contributed by atoms with Gasteiger partial charge < -0.3 is 4.74 Å². The van der Waals surface area contributed by atoms with Gasteiger partial charge in [-0.2, -0.15) is 22.8 Å². The number of hydrogen-bond acceptors (Lipinski definition) is 4. The molecule has 0 spiro atoms. The Balaban J connectivity index is 2.49. The first-order valence-electron chi connectivity index (χ1n) is 3.92. The van der Waals surface area contributed by atoms with Gasteiger partial charge in [-0.1, -0.05) is 11.3 Å². The van der Waals surface area contributed by atoms with Crippen molar-refractivity contribution in [3.8, 4) is 0 Å². The molecule has 2 heterocycles. The Morgan fingerprint density at radius 2 is 2.27 bits per heavy atom. The van der Waals surface area contributed by atoms with Crippen LogP contribution >= 0.6 is 11.3 Å². The molecule has 15 heavy (non-hydrogen) atoms. The van der Waals surface area contributed by atoms with Gasteiger partial charge in [0.1, 0.15) is 5.01 Å². The van der Waals surface area contributed by atoms with Gasteiger partial charge in [0.05, 0.1) is 12.8 Å². The SMILES string of the molecule is COCc1nn2c(C(F)(F)F)cnc2s1. The Kier molecular flexibility index (Phi) is 2.39. The average molecular weight is 237 g/mol. The van der Waals surface area contributed by atoms with E-state index in [1.807, 2.05) is 0 Å². The van der Waals surface area contributed by atoms with Crippen molar-refractivity contribution in [2.24, 2.45) is 0 Å². The number of rotatable bonds is 2. The number of ether oxygens (including phenoxy) is 1. The van der Waals surface area contributed by atoms with E-state index in [9.17, 15) is 13.2 Å². The van der Waals surface area contributed by atoms with Crippen LogP contribution in [0.4, 0.5) is 13.2 Å². The second kappa shape index (κ2) is 3.46. The van der Waals surface area contributed by atoms with E-state index in [1.54, 1.807) is 0 Å². The number of methoxy groups -OCH3 is 1. The van der Waals surface area contributed by atoms with Crippen molar-refractivity contribution in [1.82, 2.24) is 14.6 Å². The molecule has 0 aliphatic carbocycles. The summed E-state index contributed by atoms with van der Waals surface area (Å²) in [7, 11) is 1.45. The van der Waals surface area contributed by atoms with Crippen LogP contribution in [0.15, 0.2) is 6.20 Å². The van der Waals surface area contributed by atoms with Crippen LogP contribution in [0, 0.1) is 0 Å². The first kappa shape index (κ1) is 10.4. The molecule has 0 amide bonds. The van der Waals surface area contributed by atoms with Crippen LogP contribution in [0.3, 0.4) is 0 Å². The minimum absolute atomic E-state index is 0.186. The summed E-state index contributed by atoms with van der Waals surface area (Å²) in [5.41, 5.74) is -0.865. The van der Waals surface area contributed by atoms with E-state index >= 15 is 0 Å². The highest BCUT2D eigenvalue weighted by Crippen LogP contribution is 2.30. The van der Waals surface area contributed by atoms with E-state index in [2.05, 4.69) is 10.1 Å². The van der Waals surface area contributed by atoms with Crippen LogP contribution in [0.5, 0.6) is 0 Å². The standard InChI is InChI=1S/C7H6F3N3OS/c1-14-3-5-12-13-4(7(8,9)10)2-11-6(13)15-5/h2H,3H2,1H3. The van der Waals surface area contributed by atoms with Crippen LogP contribution in [0.1, 0.15) is 10.7 Å². The molecular weight excluding hydrogens is 231 g/mol. The molecule has 0 aliphatic rings. The molecule has 0 atom stereocenters. The summed E-state index contributed by atoms with van der Waals surface area (Å²) >= 11 is 1.07. The number of hydrogen-bond donors (Lipinski definition) is 0. The number of aromatic nitrogens is 3. The molecule has 0 fully saturated rings. The molecule has 0 saturated carbocycles. The van der Waals surface area contributed by atoms with Crippen molar-refractivity contribution in [2.45, 2.75) is 12.8 Å². The first-order valence-corrected chi connectivity index (χ1v) is 4.73. The van der Waals surface area contributed by atoms with Crippen molar-refractivity contribution in [3.05, 3.63) is 16.9 Å². The zero-order valence-electron chi connectivity index (χ0n) is 7.58. The molecular formula is C7H6F3N3OS. The lowest BCUT2D eigenvalue weighted by molar-refractivity contribution is -0.142. The van der Waals surface area contributed by atoms with Gasteiger partial charge in [0, 0.05) is 7.11 Å². The van der Waals surface area contributed by atoms with Crippen molar-refractivity contribution in [3.63, 3.8) is 0 Å². The fourth-order valence-electron chi connectivity index (χ4n) is 1.11. The van der Waals surface area contributed by atoms with E-state index in [-0.39, 0.29) is 11.6 Å². The van der Waals surface area contributed by atoms with Crippen molar-refractivity contribution in [1.29, 1.82) is 0 Å². The fourth-order valence-corrected chi connectivity index (χ4v) is 1.95. The summed E-state index contributed by atoms with van der Waals surface area (Å²) in [5, 5.41) is 4.22. The highest BCUT2D eigenvalue weighted by atomic mass is 32.1. The van der Waals surface area contributed by atoms with Gasteiger partial charge >= 0.3 is 6.18 Å². The third kappa shape index (κ3) is 1.82. The Labute approximate surface area is 86.3 Å². The smallest absolute Gasteiger partial charge is 0.377 e. The van der Waals surface area contributed by atoms with E-state index in [4.69, 9.17) is 4.74 Å². The number of fused-ring (bicyclic) bond motifs is 1. The molecule has 0 aliphatic heterocycles. The summed E-state index contributed by atoms with van der Waals surface area (Å²) in [6, 6.07) is 0. The van der Waals surface area contributed by atoms with Gasteiger partial charge in [0.15, 0.2) is 5.69 Å². The molecule has 0 radical (unpaired) electrons. The maximum atomic E-state index is 12.4. The van der Waals surface area contributed by atoms with Crippen molar-refractivity contribution >= 4 is 16.3 Å². The fraction of sp³-hybridized carbons (Fsp3) is 0.429. The highest BCUT2D eigenvalue weighted by Gasteiger charge is 2.35. The Hall–Kier alpha value is -1.15. The van der Waals surface area contributed by atoms with E-state index in [0.29, 0.717) is 5.01 Å². The van der Waals surface area contributed by atoms with E-state index in [0.717, 1.165) is 22.0 Å². The van der Waals surface area contributed by atoms with Crippen LogP contribution in [-0.4, -0.2) is 21.7 Å². The molecule has 0 N–H and O–H groups in total. The highest BCUT2D eigenvalue weighted by molar-refractivity contribution is 7.16. The minimum Gasteiger partial charge on any atom is -0.377 e. The molecule has 2 aromatic rings. The third-order valence-electron chi connectivity index (χ3n) is 1.69. The summed E-state index contributed by atoms with van der Waals surface area (Å²) in [6.45, 7) is 0.186. The average Bonchev–Trinajstić information content (AvgIpc) is 2.60. The Morgan fingerprint density at radius 1 is 1.53 bits per heavy atom. The number of imidazole rings is 1. The molecule has 2 rings (SSSR count). The lowest BCUT2D eigenvalue weighted by Gasteiger charge is -2.01. The van der Waals surface area contributed by atoms with Gasteiger partial charge in [-0.15, -0.1) is 0 Å². The summed E-state index contributed by atoms with van der Waals surface area (Å²) in [4.78, 5) is 3.85. The number of halogens is 3. The summed E-state index contributed by atoms with van der Waals surface area (Å²) < 4.78 is 42.8. The van der Waals surface area contributed by atoms with Crippen LogP contribution < -0.4 is 0 Å². The zero-order valence-corrected chi connectivity index (χ0v) is 8.39. The van der Waals surface area contributed by atoms with Gasteiger partial charge in [0.25, 0.3) is 0 Å². The zero-order chi connectivity index (χ0) is 11.1. The number of alkyl halides is 3. The maximum Gasteiger partial charge on any atom is 0.435 e. The number of nitrogens with zero attached hydrogens (tertiary/aromatic N) is 3. The van der Waals surface area contributed by atoms with Crippen LogP contribution in [0.25, 0.3) is 4.96 Å². The normalized spacial score (nSPS) is 12.5. The molecule has 8 heteroatoms. The van der Waals surface area contributed by atoms with E-state index < -0.39 is 11.9 Å². The van der Waals surface area contributed by atoms with Gasteiger partial charge in [0.2, 0.25) is 4.96 Å². The lowest BCUT2D eigenvalue weighted by atomic mass is 10.5. The second-order valence-corrected chi connectivity index (χ2v) is 3.80. The lowest BCUT2D eigenvalue weighted by Crippen LogP contribution is -2.09. The molecule has 0 saturated heterocycles. The maximum absolute atomic E-state index is 12.4. The topological polar surface area (TPSA) is 39.4 Å². The molecule has 0 bridgehead atoms. The van der Waals surface area contributed by atoms with Gasteiger partial charge in [-0.25, -0.2) is 4.98 Å². The Bertz CT molecular complexity index is 475. The quantitative estimate of drug-likeness (QED) is 0.801. The largest absolute Gasteiger partial charge is 0.435 e. The Morgan fingerprint density at radius 3 is 2.87 bits per heavy atom. The summed E-state index contributed by atoms with van der Waals surface area (Å²) in [5.74, 6) is 0. The van der Waals surface area contributed by atoms with Crippen molar-refractivity contribution < 1.29 is 17.9 Å². The van der Waals surface area contributed by atoms with Crippen LogP contribution in [-0.2, 0) is 17.5 Å². The molecule has 2 aromatic heterocycles. The first-order chi connectivity index (χ1) is 7.02. The second-order valence-electron chi connectivity index (χ2n) is 2.76. The van der Waals surface area contributed by atoms with E-state index in [1.165, 1.54) is 7.11 Å². The van der Waals surface area contributed by atoms with Gasteiger partial charge in [-0.05, 0) is 0 Å². The molecule has 82 valence electrons. The van der Waals surface area contributed by atoms with Crippen LogP contribution in [0.2, 0.25) is 0 Å². The monoisotopic (exact) mass is 237 g/mol. The summed E-state index contributed by atoms with van der Waals surface area (Å²) in [6.07, 6.45) is -3.66. The molecule has 4 nitrogen and oxygen atoms in total. The third-order valence-corrected chi connectivity index (χ3v) is 2.58. The molecule has 0 aromatic carbocycles. The minimum atomic E-state index is -4.43. The molecule has 0 unspecified atom stereocenters.